The lowest BCUT2D eigenvalue weighted by Crippen LogP contribution is -2.43. The molecule has 0 aromatic rings. The maximum Gasteiger partial charge on any atom is 0.0104 e. The van der Waals surface area contributed by atoms with Crippen LogP contribution in [-0.2, 0) is 0 Å². The van der Waals surface area contributed by atoms with Gasteiger partial charge in [0, 0.05) is 12.6 Å². The van der Waals surface area contributed by atoms with Crippen molar-refractivity contribution in [3.63, 3.8) is 0 Å². The van der Waals surface area contributed by atoms with Gasteiger partial charge in [0.25, 0.3) is 0 Å². The fraction of sp³-hybridized carbons (Fsp3) is 1.00. The molecule has 0 amide bonds. The van der Waals surface area contributed by atoms with Crippen molar-refractivity contribution in [1.29, 1.82) is 0 Å². The summed E-state index contributed by atoms with van der Waals surface area (Å²) in [5.41, 5.74) is 0. The molecular weight excluding hydrogens is 220 g/mol. The molecule has 2 unspecified atom stereocenters. The highest BCUT2D eigenvalue weighted by Gasteiger charge is 2.25. The van der Waals surface area contributed by atoms with E-state index < -0.39 is 0 Å². The van der Waals surface area contributed by atoms with Crippen LogP contribution in [0.5, 0.6) is 0 Å². The van der Waals surface area contributed by atoms with E-state index in [2.05, 4.69) is 31.1 Å². The smallest absolute Gasteiger partial charge is 0.0104 e. The van der Waals surface area contributed by atoms with E-state index in [1.165, 1.54) is 71.0 Å². The minimum Gasteiger partial charge on any atom is -0.317 e. The maximum absolute atomic E-state index is 3.54. The Bertz CT molecular complexity index is 186. The molecule has 18 heavy (non-hydrogen) atoms. The summed E-state index contributed by atoms with van der Waals surface area (Å²) >= 11 is 0. The highest BCUT2D eigenvalue weighted by molar-refractivity contribution is 4.82. The van der Waals surface area contributed by atoms with E-state index in [0.29, 0.717) is 0 Å². The number of rotatable bonds is 9. The first-order valence-corrected chi connectivity index (χ1v) is 8.21. The Balaban J connectivity index is 2.40. The van der Waals surface area contributed by atoms with Crippen LogP contribution in [0.1, 0.15) is 65.2 Å². The second-order valence-electron chi connectivity index (χ2n) is 5.95. The highest BCUT2D eigenvalue weighted by atomic mass is 15.1. The predicted octanol–water partition coefficient (Wildman–Crippen LogP) is 3.67. The lowest BCUT2D eigenvalue weighted by molar-refractivity contribution is 0.168. The van der Waals surface area contributed by atoms with E-state index in [0.717, 1.165) is 12.0 Å². The van der Waals surface area contributed by atoms with Crippen molar-refractivity contribution in [2.45, 2.75) is 71.3 Å². The van der Waals surface area contributed by atoms with Crippen molar-refractivity contribution in [2.24, 2.45) is 5.92 Å². The first-order chi connectivity index (χ1) is 8.81. The first kappa shape index (κ1) is 16.0. The monoisotopic (exact) mass is 254 g/mol. The van der Waals surface area contributed by atoms with Gasteiger partial charge in [0.1, 0.15) is 0 Å². The van der Waals surface area contributed by atoms with Gasteiger partial charge in [-0.3, -0.25) is 0 Å². The van der Waals surface area contributed by atoms with E-state index in [1.807, 2.05) is 0 Å². The average Bonchev–Trinajstić information content (AvgIpc) is 2.42. The normalized spacial score (nSPS) is 24.7. The third-order valence-corrected chi connectivity index (χ3v) is 4.43. The van der Waals surface area contributed by atoms with Crippen LogP contribution in [0.4, 0.5) is 0 Å². The zero-order valence-electron chi connectivity index (χ0n) is 12.9. The molecule has 108 valence electrons. The molecule has 1 aliphatic carbocycles. The molecule has 0 aromatic carbocycles. The van der Waals surface area contributed by atoms with Crippen LogP contribution < -0.4 is 5.32 Å². The summed E-state index contributed by atoms with van der Waals surface area (Å²) in [6.07, 6.45) is 11.0. The number of nitrogens with one attached hydrogen (secondary N) is 1. The van der Waals surface area contributed by atoms with Crippen molar-refractivity contribution in [3.8, 4) is 0 Å². The first-order valence-electron chi connectivity index (χ1n) is 8.21. The van der Waals surface area contributed by atoms with Crippen molar-refractivity contribution in [2.75, 3.05) is 26.7 Å². The molecule has 1 rings (SSSR count). The lowest BCUT2D eigenvalue weighted by atomic mass is 9.84. The van der Waals surface area contributed by atoms with Crippen molar-refractivity contribution in [1.82, 2.24) is 10.2 Å². The summed E-state index contributed by atoms with van der Waals surface area (Å²) in [6.45, 7) is 8.54. The van der Waals surface area contributed by atoms with Crippen molar-refractivity contribution < 1.29 is 0 Å². The number of unbranched alkanes of at least 4 members (excludes halogenated alkanes) is 2. The summed E-state index contributed by atoms with van der Waals surface area (Å²) in [6, 6.07) is 0.768. The largest absolute Gasteiger partial charge is 0.317 e. The molecule has 2 heteroatoms. The summed E-state index contributed by atoms with van der Waals surface area (Å²) < 4.78 is 0. The average molecular weight is 254 g/mol. The van der Waals surface area contributed by atoms with E-state index in [9.17, 15) is 0 Å². The minimum absolute atomic E-state index is 0.768. The van der Waals surface area contributed by atoms with Gasteiger partial charge in [-0.2, -0.15) is 0 Å². The molecule has 1 fully saturated rings. The Hall–Kier alpha value is -0.0800. The Kier molecular flexibility index (Phi) is 8.70. The van der Waals surface area contributed by atoms with Gasteiger partial charge in [0.05, 0.1) is 0 Å². The maximum atomic E-state index is 3.54. The summed E-state index contributed by atoms with van der Waals surface area (Å²) in [5, 5.41) is 3.54. The van der Waals surface area contributed by atoms with Crippen LogP contribution in [-0.4, -0.2) is 37.6 Å². The number of nitrogens with zero attached hydrogens (tertiary/aromatic N) is 1. The van der Waals surface area contributed by atoms with Gasteiger partial charge < -0.3 is 10.2 Å². The van der Waals surface area contributed by atoms with Crippen molar-refractivity contribution >= 4 is 0 Å². The van der Waals surface area contributed by atoms with Crippen molar-refractivity contribution in [3.05, 3.63) is 0 Å². The fourth-order valence-corrected chi connectivity index (χ4v) is 3.20. The zero-order valence-corrected chi connectivity index (χ0v) is 12.9. The molecule has 0 aliphatic heterocycles. The molecule has 2 atom stereocenters. The highest BCUT2D eigenvalue weighted by Crippen LogP contribution is 2.25. The van der Waals surface area contributed by atoms with Gasteiger partial charge in [-0.1, -0.05) is 39.5 Å². The molecule has 0 saturated heterocycles. The summed E-state index contributed by atoms with van der Waals surface area (Å²) in [5.74, 6) is 0.887. The van der Waals surface area contributed by atoms with E-state index >= 15 is 0 Å². The van der Waals surface area contributed by atoms with Crippen LogP contribution in [0.15, 0.2) is 0 Å². The Labute approximate surface area is 115 Å². The van der Waals surface area contributed by atoms with Crippen LogP contribution in [0.2, 0.25) is 0 Å². The molecule has 0 spiro atoms. The second kappa shape index (κ2) is 9.80. The Morgan fingerprint density at radius 3 is 2.17 bits per heavy atom. The molecule has 0 radical (unpaired) electrons. The van der Waals surface area contributed by atoms with Crippen LogP contribution in [0.3, 0.4) is 0 Å². The topological polar surface area (TPSA) is 15.3 Å². The molecular formula is C16H34N2. The van der Waals surface area contributed by atoms with Gasteiger partial charge in [0.2, 0.25) is 0 Å². The predicted molar refractivity (Wildman–Crippen MR) is 81.1 cm³/mol. The summed E-state index contributed by atoms with van der Waals surface area (Å²) in [7, 11) is 2.14. The molecule has 2 nitrogen and oxygen atoms in total. The number of hydrogen-bond donors (Lipinski definition) is 1. The van der Waals surface area contributed by atoms with E-state index in [4.69, 9.17) is 0 Å². The van der Waals surface area contributed by atoms with Gasteiger partial charge in [-0.15, -0.1) is 0 Å². The zero-order chi connectivity index (χ0) is 13.2. The Morgan fingerprint density at radius 2 is 1.61 bits per heavy atom. The fourth-order valence-electron chi connectivity index (χ4n) is 3.20. The van der Waals surface area contributed by atoms with Gasteiger partial charge in [0.15, 0.2) is 0 Å². The van der Waals surface area contributed by atoms with Gasteiger partial charge in [-0.05, 0) is 51.7 Å². The van der Waals surface area contributed by atoms with E-state index in [1.54, 1.807) is 0 Å². The molecule has 0 aromatic heterocycles. The van der Waals surface area contributed by atoms with Crippen LogP contribution in [0.25, 0.3) is 0 Å². The molecule has 1 aliphatic rings. The molecule has 1 saturated carbocycles. The standard InChI is InChI=1S/C16H34N2/c1-4-6-12-18(13-7-5-2)14-15-10-8-9-11-16(15)17-3/h15-17H,4-14H2,1-3H3. The lowest BCUT2D eigenvalue weighted by Gasteiger charge is -2.35. The SMILES string of the molecule is CCCCN(CCCC)CC1CCCCC1NC. The van der Waals surface area contributed by atoms with E-state index in [-0.39, 0.29) is 0 Å². The molecule has 0 heterocycles. The third kappa shape index (κ3) is 5.71. The van der Waals surface area contributed by atoms with Crippen LogP contribution in [0, 0.1) is 5.92 Å². The molecule has 1 N–H and O–H groups in total. The second-order valence-corrected chi connectivity index (χ2v) is 5.95. The molecule has 0 bridgehead atoms. The Morgan fingerprint density at radius 1 is 1.00 bits per heavy atom. The minimum atomic E-state index is 0.768. The number of hydrogen-bond acceptors (Lipinski definition) is 2. The summed E-state index contributed by atoms with van der Waals surface area (Å²) in [4.78, 5) is 2.73. The van der Waals surface area contributed by atoms with Gasteiger partial charge >= 0.3 is 0 Å². The van der Waals surface area contributed by atoms with Crippen LogP contribution >= 0.6 is 0 Å². The third-order valence-electron chi connectivity index (χ3n) is 4.43. The quantitative estimate of drug-likeness (QED) is 0.675. The van der Waals surface area contributed by atoms with Gasteiger partial charge in [-0.25, -0.2) is 0 Å².